The highest BCUT2D eigenvalue weighted by Gasteiger charge is 2.82. The van der Waals surface area contributed by atoms with Crippen LogP contribution in [0.25, 0.3) is 0 Å². The molecule has 1 N–H and O–H groups in total. The molecule has 178 valence electrons. The molecule has 5 fully saturated rings. The molecule has 0 saturated heterocycles. The predicted octanol–water partition coefficient (Wildman–Crippen LogP) is 5.28. The van der Waals surface area contributed by atoms with Crippen LogP contribution in [0.3, 0.4) is 0 Å². The summed E-state index contributed by atoms with van der Waals surface area (Å²) in [5.41, 5.74) is 2.14. The maximum absolute atomic E-state index is 11.4. The number of hydrogen-bond donors (Lipinski definition) is 1. The molecule has 3 heteroatoms. The molecule has 10 atom stereocenters. The van der Waals surface area contributed by atoms with Gasteiger partial charge in [-0.05, 0) is 125 Å². The standard InChI is InChI=1S/C28H50N2O/c1-18(29(6)7)23-19(31)16-26(5)21-11-10-20-24(2,3)22(30(8)9)12-13-27(20)17-28(21,27)15-14-25(23,26)4/h18-23,31H,10-17H2,1-9H3/t18-,19-,20+,21-,22+,23+,25-,26+,27-,28+/m1/s1. The van der Waals surface area contributed by atoms with Gasteiger partial charge < -0.3 is 14.9 Å². The Balaban J connectivity index is 1.51. The van der Waals surface area contributed by atoms with Crippen molar-refractivity contribution in [2.45, 2.75) is 104 Å². The van der Waals surface area contributed by atoms with E-state index in [0.29, 0.717) is 28.2 Å². The second-order valence-corrected chi connectivity index (χ2v) is 14.3. The van der Waals surface area contributed by atoms with E-state index < -0.39 is 0 Å². The fourth-order valence-electron chi connectivity index (χ4n) is 11.6. The molecule has 0 aliphatic heterocycles. The van der Waals surface area contributed by atoms with Gasteiger partial charge in [0.05, 0.1) is 6.10 Å². The Kier molecular flexibility index (Phi) is 4.76. The lowest BCUT2D eigenvalue weighted by molar-refractivity contribution is -0.152. The van der Waals surface area contributed by atoms with Crippen molar-refractivity contribution in [2.75, 3.05) is 28.2 Å². The molecule has 3 nitrogen and oxygen atoms in total. The van der Waals surface area contributed by atoms with Gasteiger partial charge >= 0.3 is 0 Å². The number of aliphatic hydroxyl groups is 1. The maximum Gasteiger partial charge on any atom is 0.0594 e. The Hall–Kier alpha value is -0.120. The zero-order valence-electron chi connectivity index (χ0n) is 22.0. The molecule has 5 rings (SSSR count). The van der Waals surface area contributed by atoms with Crippen LogP contribution in [0.1, 0.15) is 86.0 Å². The van der Waals surface area contributed by atoms with Gasteiger partial charge in [-0.3, -0.25) is 0 Å². The van der Waals surface area contributed by atoms with Crippen molar-refractivity contribution in [3.63, 3.8) is 0 Å². The Morgan fingerprint density at radius 1 is 0.806 bits per heavy atom. The van der Waals surface area contributed by atoms with Gasteiger partial charge in [-0.25, -0.2) is 0 Å². The topological polar surface area (TPSA) is 26.7 Å². The molecular weight excluding hydrogens is 380 g/mol. The third kappa shape index (κ3) is 2.47. The van der Waals surface area contributed by atoms with Crippen molar-refractivity contribution in [1.82, 2.24) is 9.80 Å². The lowest BCUT2D eigenvalue weighted by Crippen LogP contribution is -2.59. The van der Waals surface area contributed by atoms with Gasteiger partial charge in [0.25, 0.3) is 0 Å². The second-order valence-electron chi connectivity index (χ2n) is 14.3. The molecule has 0 radical (unpaired) electrons. The van der Waals surface area contributed by atoms with Crippen molar-refractivity contribution in [1.29, 1.82) is 0 Å². The first-order valence-electron chi connectivity index (χ1n) is 13.3. The molecule has 2 spiro atoms. The van der Waals surface area contributed by atoms with Crippen molar-refractivity contribution in [3.8, 4) is 0 Å². The van der Waals surface area contributed by atoms with Crippen LogP contribution in [0.5, 0.6) is 0 Å². The van der Waals surface area contributed by atoms with Gasteiger partial charge in [0.2, 0.25) is 0 Å². The molecule has 5 aliphatic carbocycles. The smallest absolute Gasteiger partial charge is 0.0594 e. The molecule has 0 aromatic carbocycles. The molecular formula is C28H50N2O. The molecule has 0 aromatic rings. The lowest BCUT2D eigenvalue weighted by Gasteiger charge is -2.64. The molecule has 0 aromatic heterocycles. The summed E-state index contributed by atoms with van der Waals surface area (Å²) in [7, 11) is 9.01. The molecule has 5 saturated carbocycles. The summed E-state index contributed by atoms with van der Waals surface area (Å²) in [4.78, 5) is 4.88. The van der Waals surface area contributed by atoms with Gasteiger partial charge in [-0.1, -0.05) is 27.7 Å². The zero-order valence-corrected chi connectivity index (χ0v) is 22.0. The van der Waals surface area contributed by atoms with E-state index in [4.69, 9.17) is 0 Å². The third-order valence-electron chi connectivity index (χ3n) is 13.1. The summed E-state index contributed by atoms with van der Waals surface area (Å²) in [5.74, 6) is 2.10. The minimum atomic E-state index is -0.143. The average Bonchev–Trinajstić information content (AvgIpc) is 3.26. The Labute approximate surface area is 192 Å². The van der Waals surface area contributed by atoms with Crippen LogP contribution in [-0.4, -0.2) is 61.3 Å². The van der Waals surface area contributed by atoms with E-state index in [9.17, 15) is 5.11 Å². The Morgan fingerprint density at radius 3 is 2.03 bits per heavy atom. The van der Waals surface area contributed by atoms with E-state index in [1.165, 1.54) is 44.9 Å². The number of nitrogens with zero attached hydrogens (tertiary/aromatic N) is 2. The quantitative estimate of drug-likeness (QED) is 0.660. The van der Waals surface area contributed by atoms with E-state index in [1.807, 2.05) is 0 Å². The Bertz CT molecular complexity index is 747. The van der Waals surface area contributed by atoms with Crippen LogP contribution in [0.15, 0.2) is 0 Å². The normalized spacial score (nSPS) is 55.9. The number of aliphatic hydroxyl groups excluding tert-OH is 1. The SMILES string of the molecule is C[C@H]([C@H]1[C@H](O)C[C@@]2(C)[C@H]3CC[C@H]4C(C)(C)[C@@H](N(C)C)CC[C@@]45C[C@@]35CC[C@]12C)N(C)C. The molecule has 0 unspecified atom stereocenters. The molecule has 0 bridgehead atoms. The summed E-state index contributed by atoms with van der Waals surface area (Å²) in [6, 6.07) is 1.16. The van der Waals surface area contributed by atoms with Crippen LogP contribution in [0.4, 0.5) is 0 Å². The molecule has 0 heterocycles. The minimum Gasteiger partial charge on any atom is -0.393 e. The second kappa shape index (κ2) is 6.51. The highest BCUT2D eigenvalue weighted by Crippen LogP contribution is 2.89. The average molecular weight is 431 g/mol. The molecule has 31 heavy (non-hydrogen) atoms. The zero-order chi connectivity index (χ0) is 22.8. The maximum atomic E-state index is 11.4. The number of fused-ring (bicyclic) bond motifs is 2. The van der Waals surface area contributed by atoms with Gasteiger partial charge in [0.15, 0.2) is 0 Å². The van der Waals surface area contributed by atoms with Gasteiger partial charge in [-0.2, -0.15) is 0 Å². The summed E-state index contributed by atoms with van der Waals surface area (Å²) < 4.78 is 0. The summed E-state index contributed by atoms with van der Waals surface area (Å²) in [6.07, 6.45) is 10.8. The highest BCUT2D eigenvalue weighted by atomic mass is 16.3. The van der Waals surface area contributed by atoms with E-state index >= 15 is 0 Å². The van der Waals surface area contributed by atoms with E-state index in [-0.39, 0.29) is 16.9 Å². The fraction of sp³-hybridized carbons (Fsp3) is 1.00. The van der Waals surface area contributed by atoms with Gasteiger partial charge in [-0.15, -0.1) is 0 Å². The van der Waals surface area contributed by atoms with Crippen LogP contribution in [0, 0.1) is 44.8 Å². The van der Waals surface area contributed by atoms with Gasteiger partial charge in [0, 0.05) is 18.0 Å². The van der Waals surface area contributed by atoms with Gasteiger partial charge in [0.1, 0.15) is 0 Å². The number of hydrogen-bond acceptors (Lipinski definition) is 3. The summed E-state index contributed by atoms with van der Waals surface area (Å²) in [6.45, 7) is 12.7. The lowest BCUT2D eigenvalue weighted by atomic mass is 9.41. The minimum absolute atomic E-state index is 0.143. The van der Waals surface area contributed by atoms with Crippen LogP contribution in [-0.2, 0) is 0 Å². The summed E-state index contributed by atoms with van der Waals surface area (Å²) in [5, 5.41) is 11.4. The number of rotatable bonds is 3. The first kappa shape index (κ1) is 22.7. The first-order chi connectivity index (χ1) is 14.3. The predicted molar refractivity (Wildman–Crippen MR) is 129 cm³/mol. The van der Waals surface area contributed by atoms with E-state index in [1.54, 1.807) is 0 Å². The largest absolute Gasteiger partial charge is 0.393 e. The van der Waals surface area contributed by atoms with Crippen LogP contribution >= 0.6 is 0 Å². The molecule has 5 aliphatic rings. The summed E-state index contributed by atoms with van der Waals surface area (Å²) >= 11 is 0. The third-order valence-corrected chi connectivity index (χ3v) is 13.1. The van der Waals surface area contributed by atoms with E-state index in [0.717, 1.165) is 24.3 Å². The monoisotopic (exact) mass is 430 g/mol. The van der Waals surface area contributed by atoms with Crippen molar-refractivity contribution in [2.24, 2.45) is 44.8 Å². The van der Waals surface area contributed by atoms with E-state index in [2.05, 4.69) is 72.6 Å². The van der Waals surface area contributed by atoms with Crippen molar-refractivity contribution in [3.05, 3.63) is 0 Å². The van der Waals surface area contributed by atoms with Crippen LogP contribution in [0.2, 0.25) is 0 Å². The first-order valence-corrected chi connectivity index (χ1v) is 13.3. The van der Waals surface area contributed by atoms with Crippen molar-refractivity contribution < 1.29 is 5.11 Å². The Morgan fingerprint density at radius 2 is 1.42 bits per heavy atom. The van der Waals surface area contributed by atoms with Crippen molar-refractivity contribution >= 4 is 0 Å². The highest BCUT2D eigenvalue weighted by molar-refractivity contribution is 5.31. The molecule has 0 amide bonds. The fourth-order valence-corrected chi connectivity index (χ4v) is 11.6. The van der Waals surface area contributed by atoms with Crippen LogP contribution < -0.4 is 0 Å².